The fourth-order valence-corrected chi connectivity index (χ4v) is 2.31. The number of carbonyl (C=O) groups is 1. The van der Waals surface area contributed by atoms with E-state index in [2.05, 4.69) is 26.6 Å². The first-order chi connectivity index (χ1) is 9.54. The molecular weight excluding hydrogens is 316 g/mol. The summed E-state index contributed by atoms with van der Waals surface area (Å²) in [5.74, 6) is 0. The zero-order chi connectivity index (χ0) is 14.5. The molecule has 0 spiro atoms. The highest BCUT2D eigenvalue weighted by Gasteiger charge is 2.04. The summed E-state index contributed by atoms with van der Waals surface area (Å²) in [6.07, 6.45) is 0. The lowest BCUT2D eigenvalue weighted by Gasteiger charge is -2.11. The predicted octanol–water partition coefficient (Wildman–Crippen LogP) is 4.39. The average Bonchev–Trinajstić information content (AvgIpc) is 2.41. The minimum absolute atomic E-state index is 0.196. The summed E-state index contributed by atoms with van der Waals surface area (Å²) in [6.45, 7) is 4.48. The molecule has 0 saturated carbocycles. The van der Waals surface area contributed by atoms with Gasteiger partial charge in [-0.15, -0.1) is 0 Å². The molecular formula is C16H17BrN2O. The molecule has 0 fully saturated rings. The molecule has 2 amide bonds. The highest BCUT2D eigenvalue weighted by atomic mass is 79.9. The van der Waals surface area contributed by atoms with Crippen molar-refractivity contribution in [2.45, 2.75) is 20.4 Å². The quantitative estimate of drug-likeness (QED) is 0.859. The normalized spacial score (nSPS) is 10.2. The summed E-state index contributed by atoms with van der Waals surface area (Å²) in [5, 5.41) is 5.72. The van der Waals surface area contributed by atoms with Crippen LogP contribution in [0.5, 0.6) is 0 Å². The van der Waals surface area contributed by atoms with Crippen molar-refractivity contribution in [2.24, 2.45) is 0 Å². The molecule has 4 heteroatoms. The second kappa shape index (κ2) is 6.57. The van der Waals surface area contributed by atoms with Crippen LogP contribution < -0.4 is 10.6 Å². The zero-order valence-corrected chi connectivity index (χ0v) is 13.1. The fraction of sp³-hybridized carbons (Fsp3) is 0.188. The molecule has 0 radical (unpaired) electrons. The van der Waals surface area contributed by atoms with Crippen LogP contribution in [0.1, 0.15) is 16.7 Å². The number of urea groups is 1. The first-order valence-electron chi connectivity index (χ1n) is 6.41. The minimum Gasteiger partial charge on any atom is -0.334 e. The smallest absolute Gasteiger partial charge is 0.319 e. The van der Waals surface area contributed by atoms with Crippen molar-refractivity contribution in [2.75, 3.05) is 5.32 Å². The van der Waals surface area contributed by atoms with Gasteiger partial charge in [0.25, 0.3) is 0 Å². The van der Waals surface area contributed by atoms with Crippen molar-refractivity contribution >= 4 is 27.6 Å². The Hall–Kier alpha value is -1.81. The van der Waals surface area contributed by atoms with E-state index in [0.29, 0.717) is 6.54 Å². The highest BCUT2D eigenvalue weighted by Crippen LogP contribution is 2.16. The van der Waals surface area contributed by atoms with E-state index >= 15 is 0 Å². The monoisotopic (exact) mass is 332 g/mol. The lowest BCUT2D eigenvalue weighted by Crippen LogP contribution is -2.28. The Morgan fingerprint density at radius 3 is 2.70 bits per heavy atom. The maximum atomic E-state index is 11.9. The van der Waals surface area contributed by atoms with Gasteiger partial charge in [-0.1, -0.05) is 40.2 Å². The van der Waals surface area contributed by atoms with Gasteiger partial charge in [0.05, 0.1) is 0 Å². The summed E-state index contributed by atoms with van der Waals surface area (Å²) in [5.41, 5.74) is 4.07. The number of carbonyl (C=O) groups excluding carboxylic acids is 1. The fourth-order valence-electron chi connectivity index (χ4n) is 1.87. The number of rotatable bonds is 3. The topological polar surface area (TPSA) is 41.1 Å². The van der Waals surface area contributed by atoms with Crippen LogP contribution >= 0.6 is 15.9 Å². The molecule has 0 aliphatic heterocycles. The molecule has 0 aromatic heterocycles. The Morgan fingerprint density at radius 2 is 1.95 bits per heavy atom. The maximum absolute atomic E-state index is 11.9. The van der Waals surface area contributed by atoms with E-state index in [9.17, 15) is 4.79 Å². The zero-order valence-electron chi connectivity index (χ0n) is 11.5. The second-order valence-electron chi connectivity index (χ2n) is 4.76. The standard InChI is InChI=1S/C16H17BrN2O/c1-11-6-7-12(2)15(8-11)19-16(20)18-10-13-4-3-5-14(17)9-13/h3-9H,10H2,1-2H3,(H2,18,19,20). The number of halogens is 1. The lowest BCUT2D eigenvalue weighted by atomic mass is 10.1. The van der Waals surface area contributed by atoms with Gasteiger partial charge in [0, 0.05) is 16.7 Å². The molecule has 0 atom stereocenters. The van der Waals surface area contributed by atoms with Crippen molar-refractivity contribution in [3.63, 3.8) is 0 Å². The van der Waals surface area contributed by atoms with Crippen LogP contribution in [0.2, 0.25) is 0 Å². The number of nitrogens with one attached hydrogen (secondary N) is 2. The largest absolute Gasteiger partial charge is 0.334 e. The minimum atomic E-state index is -0.196. The van der Waals surface area contributed by atoms with E-state index in [-0.39, 0.29) is 6.03 Å². The first kappa shape index (κ1) is 14.6. The van der Waals surface area contributed by atoms with Gasteiger partial charge in [0.2, 0.25) is 0 Å². The van der Waals surface area contributed by atoms with Gasteiger partial charge in [-0.2, -0.15) is 0 Å². The van der Waals surface area contributed by atoms with E-state index < -0.39 is 0 Å². The van der Waals surface area contributed by atoms with Crippen LogP contribution in [0.15, 0.2) is 46.9 Å². The summed E-state index contributed by atoms with van der Waals surface area (Å²) >= 11 is 3.41. The predicted molar refractivity (Wildman–Crippen MR) is 85.9 cm³/mol. The van der Waals surface area contributed by atoms with Crippen molar-refractivity contribution < 1.29 is 4.79 Å². The summed E-state index contributed by atoms with van der Waals surface area (Å²) in [6, 6.07) is 13.7. The summed E-state index contributed by atoms with van der Waals surface area (Å²) in [7, 11) is 0. The maximum Gasteiger partial charge on any atom is 0.319 e. The molecule has 3 nitrogen and oxygen atoms in total. The van der Waals surface area contributed by atoms with Crippen LogP contribution in [-0.2, 0) is 6.54 Å². The first-order valence-corrected chi connectivity index (χ1v) is 7.20. The van der Waals surface area contributed by atoms with Crippen LogP contribution in [0.4, 0.5) is 10.5 Å². The van der Waals surface area contributed by atoms with E-state index in [4.69, 9.17) is 0 Å². The lowest BCUT2D eigenvalue weighted by molar-refractivity contribution is 0.251. The molecule has 0 heterocycles. The average molecular weight is 333 g/mol. The number of benzene rings is 2. The van der Waals surface area contributed by atoms with E-state index in [1.807, 2.05) is 56.3 Å². The second-order valence-corrected chi connectivity index (χ2v) is 5.67. The third kappa shape index (κ3) is 4.10. The van der Waals surface area contributed by atoms with Crippen molar-refractivity contribution in [3.8, 4) is 0 Å². The Balaban J connectivity index is 1.94. The summed E-state index contributed by atoms with van der Waals surface area (Å²) < 4.78 is 1.01. The van der Waals surface area contributed by atoms with Crippen LogP contribution in [0.25, 0.3) is 0 Å². The third-order valence-electron chi connectivity index (χ3n) is 2.98. The molecule has 0 aliphatic rings. The molecule has 2 N–H and O–H groups in total. The number of hydrogen-bond acceptors (Lipinski definition) is 1. The number of hydrogen-bond donors (Lipinski definition) is 2. The van der Waals surface area contributed by atoms with Gasteiger partial charge in [-0.3, -0.25) is 0 Å². The summed E-state index contributed by atoms with van der Waals surface area (Å²) in [4.78, 5) is 11.9. The van der Waals surface area contributed by atoms with Crippen LogP contribution in [0.3, 0.4) is 0 Å². The molecule has 0 bridgehead atoms. The third-order valence-corrected chi connectivity index (χ3v) is 3.48. The van der Waals surface area contributed by atoms with Gasteiger partial charge in [-0.05, 0) is 48.7 Å². The SMILES string of the molecule is Cc1ccc(C)c(NC(=O)NCc2cccc(Br)c2)c1. The van der Waals surface area contributed by atoms with Crippen LogP contribution in [0, 0.1) is 13.8 Å². The van der Waals surface area contributed by atoms with Gasteiger partial charge in [-0.25, -0.2) is 4.79 Å². The Kier molecular flexibility index (Phi) is 4.79. The van der Waals surface area contributed by atoms with Gasteiger partial charge < -0.3 is 10.6 Å². The van der Waals surface area contributed by atoms with E-state index in [1.54, 1.807) is 0 Å². The molecule has 2 aromatic rings. The molecule has 2 aromatic carbocycles. The van der Waals surface area contributed by atoms with E-state index in [0.717, 1.165) is 26.9 Å². The molecule has 0 aliphatic carbocycles. The van der Waals surface area contributed by atoms with Crippen molar-refractivity contribution in [1.29, 1.82) is 0 Å². The Bertz CT molecular complexity index is 626. The highest BCUT2D eigenvalue weighted by molar-refractivity contribution is 9.10. The van der Waals surface area contributed by atoms with Crippen molar-refractivity contribution in [3.05, 3.63) is 63.6 Å². The van der Waals surface area contributed by atoms with Crippen LogP contribution in [-0.4, -0.2) is 6.03 Å². The molecule has 0 saturated heterocycles. The van der Waals surface area contributed by atoms with E-state index in [1.165, 1.54) is 0 Å². The number of amides is 2. The van der Waals surface area contributed by atoms with Crippen molar-refractivity contribution in [1.82, 2.24) is 5.32 Å². The Morgan fingerprint density at radius 1 is 1.15 bits per heavy atom. The molecule has 20 heavy (non-hydrogen) atoms. The number of aryl methyl sites for hydroxylation is 2. The molecule has 104 valence electrons. The van der Waals surface area contributed by atoms with Gasteiger partial charge >= 0.3 is 6.03 Å². The molecule has 0 unspecified atom stereocenters. The Labute approximate surface area is 127 Å². The number of anilines is 1. The van der Waals surface area contributed by atoms with Gasteiger partial charge in [0.1, 0.15) is 0 Å². The molecule has 2 rings (SSSR count). The van der Waals surface area contributed by atoms with Gasteiger partial charge in [0.15, 0.2) is 0 Å².